The van der Waals surface area contributed by atoms with Gasteiger partial charge >= 0.3 is 0 Å². The average Bonchev–Trinajstić information content (AvgIpc) is 2.63. The van der Waals surface area contributed by atoms with E-state index in [4.69, 9.17) is 10.2 Å². The first-order valence-corrected chi connectivity index (χ1v) is 5.08. The van der Waals surface area contributed by atoms with Crippen molar-refractivity contribution in [3.05, 3.63) is 23.7 Å². The summed E-state index contributed by atoms with van der Waals surface area (Å²) in [5.74, 6) is 1.69. The van der Waals surface area contributed by atoms with E-state index < -0.39 is 6.10 Å². The van der Waals surface area contributed by atoms with Crippen molar-refractivity contribution in [2.45, 2.75) is 39.3 Å². The van der Waals surface area contributed by atoms with Gasteiger partial charge in [-0.1, -0.05) is 20.8 Å². The number of aryl methyl sites for hydroxylation is 1. The first-order chi connectivity index (χ1) is 6.56. The number of nitrogens with two attached hydrogens (primary N) is 1. The van der Waals surface area contributed by atoms with E-state index in [1.807, 2.05) is 26.8 Å². The third kappa shape index (κ3) is 2.36. The maximum absolute atomic E-state index is 9.85. The van der Waals surface area contributed by atoms with Gasteiger partial charge < -0.3 is 15.3 Å². The molecule has 2 unspecified atom stereocenters. The van der Waals surface area contributed by atoms with Gasteiger partial charge in [-0.2, -0.15) is 0 Å². The summed E-state index contributed by atoms with van der Waals surface area (Å²) in [7, 11) is 0. The highest BCUT2D eigenvalue weighted by Crippen LogP contribution is 2.22. The minimum absolute atomic E-state index is 0.236. The normalized spacial score (nSPS) is 15.9. The fourth-order valence-corrected chi connectivity index (χ4v) is 1.30. The van der Waals surface area contributed by atoms with Gasteiger partial charge in [0, 0.05) is 12.5 Å². The second kappa shape index (κ2) is 4.62. The number of hydrogen-bond donors (Lipinski definition) is 2. The van der Waals surface area contributed by atoms with Crippen LogP contribution in [0.5, 0.6) is 0 Å². The van der Waals surface area contributed by atoms with E-state index in [2.05, 4.69) is 0 Å². The Hall–Kier alpha value is -0.800. The third-order valence-electron chi connectivity index (χ3n) is 2.46. The molecule has 3 N–H and O–H groups in total. The largest absolute Gasteiger partial charge is 0.463 e. The van der Waals surface area contributed by atoms with Crippen LogP contribution in [0.3, 0.4) is 0 Å². The molecule has 80 valence electrons. The van der Waals surface area contributed by atoms with Gasteiger partial charge in [0.2, 0.25) is 0 Å². The van der Waals surface area contributed by atoms with E-state index in [0.717, 1.165) is 12.2 Å². The standard InChI is InChI=1S/C11H19NO2/c1-4-8-5-6-9(14-8)11(13)10(12)7(2)3/h5-7,10-11,13H,4,12H2,1-3H3. The maximum Gasteiger partial charge on any atom is 0.134 e. The Balaban J connectivity index is 2.73. The summed E-state index contributed by atoms with van der Waals surface area (Å²) in [6.07, 6.45) is 0.138. The van der Waals surface area contributed by atoms with Crippen molar-refractivity contribution >= 4 is 0 Å². The Morgan fingerprint density at radius 2 is 2.07 bits per heavy atom. The Labute approximate surface area is 84.9 Å². The number of aliphatic hydroxyl groups excluding tert-OH is 1. The van der Waals surface area contributed by atoms with Crippen LogP contribution in [0.25, 0.3) is 0 Å². The van der Waals surface area contributed by atoms with Crippen LogP contribution in [0.1, 0.15) is 38.4 Å². The van der Waals surface area contributed by atoms with Crippen molar-refractivity contribution in [2.24, 2.45) is 11.7 Å². The molecule has 3 nitrogen and oxygen atoms in total. The van der Waals surface area contributed by atoms with Crippen LogP contribution in [0.4, 0.5) is 0 Å². The Morgan fingerprint density at radius 3 is 2.50 bits per heavy atom. The lowest BCUT2D eigenvalue weighted by molar-refractivity contribution is 0.101. The molecular weight excluding hydrogens is 178 g/mol. The summed E-state index contributed by atoms with van der Waals surface area (Å²) in [5.41, 5.74) is 5.83. The second-order valence-electron chi connectivity index (χ2n) is 3.92. The number of hydrogen-bond acceptors (Lipinski definition) is 3. The van der Waals surface area contributed by atoms with Crippen molar-refractivity contribution in [1.29, 1.82) is 0 Å². The van der Waals surface area contributed by atoms with Crippen molar-refractivity contribution < 1.29 is 9.52 Å². The van der Waals surface area contributed by atoms with Gasteiger partial charge in [-0.25, -0.2) is 0 Å². The lowest BCUT2D eigenvalue weighted by Crippen LogP contribution is -2.33. The molecule has 0 aliphatic rings. The fourth-order valence-electron chi connectivity index (χ4n) is 1.30. The highest BCUT2D eigenvalue weighted by Gasteiger charge is 2.22. The highest BCUT2D eigenvalue weighted by molar-refractivity contribution is 5.11. The molecular formula is C11H19NO2. The molecule has 0 radical (unpaired) electrons. The first-order valence-electron chi connectivity index (χ1n) is 5.08. The molecule has 1 rings (SSSR count). The molecule has 3 heteroatoms. The lowest BCUT2D eigenvalue weighted by Gasteiger charge is -2.20. The van der Waals surface area contributed by atoms with E-state index in [0.29, 0.717) is 5.76 Å². The van der Waals surface area contributed by atoms with Crippen LogP contribution in [0.2, 0.25) is 0 Å². The van der Waals surface area contributed by atoms with Gasteiger partial charge in [0.15, 0.2) is 0 Å². The van der Waals surface area contributed by atoms with Gasteiger partial charge in [-0.3, -0.25) is 0 Å². The Kier molecular flexibility index (Phi) is 3.72. The minimum Gasteiger partial charge on any atom is -0.463 e. The molecule has 0 amide bonds. The fraction of sp³-hybridized carbons (Fsp3) is 0.636. The summed E-state index contributed by atoms with van der Waals surface area (Å²) >= 11 is 0. The number of rotatable bonds is 4. The molecule has 0 saturated heterocycles. The summed E-state index contributed by atoms with van der Waals surface area (Å²) in [5, 5.41) is 9.85. The molecule has 1 aromatic rings. The average molecular weight is 197 g/mol. The summed E-state index contributed by atoms with van der Waals surface area (Å²) in [6, 6.07) is 3.41. The van der Waals surface area contributed by atoms with Gasteiger partial charge in [0.05, 0.1) is 0 Å². The highest BCUT2D eigenvalue weighted by atomic mass is 16.4. The van der Waals surface area contributed by atoms with Gasteiger partial charge in [0.1, 0.15) is 17.6 Å². The molecule has 0 saturated carbocycles. The van der Waals surface area contributed by atoms with Crippen molar-refractivity contribution in [2.75, 3.05) is 0 Å². The molecule has 0 spiro atoms. The predicted molar refractivity (Wildman–Crippen MR) is 55.9 cm³/mol. The molecule has 0 bridgehead atoms. The predicted octanol–water partition coefficient (Wildman–Crippen LogP) is 1.86. The SMILES string of the molecule is CCc1ccc(C(O)C(N)C(C)C)o1. The van der Waals surface area contributed by atoms with E-state index in [9.17, 15) is 5.11 Å². The zero-order valence-corrected chi connectivity index (χ0v) is 9.03. The molecule has 0 aliphatic carbocycles. The van der Waals surface area contributed by atoms with E-state index in [1.54, 1.807) is 6.07 Å². The molecule has 0 aliphatic heterocycles. The lowest BCUT2D eigenvalue weighted by atomic mass is 9.98. The van der Waals surface area contributed by atoms with Crippen LogP contribution in [0.15, 0.2) is 16.5 Å². The molecule has 2 atom stereocenters. The molecule has 1 heterocycles. The first kappa shape index (κ1) is 11.3. The maximum atomic E-state index is 9.85. The van der Waals surface area contributed by atoms with Crippen molar-refractivity contribution in [1.82, 2.24) is 0 Å². The minimum atomic E-state index is -0.699. The van der Waals surface area contributed by atoms with Crippen molar-refractivity contribution in [3.8, 4) is 0 Å². The van der Waals surface area contributed by atoms with Crippen LogP contribution >= 0.6 is 0 Å². The molecule has 1 aromatic heterocycles. The summed E-state index contributed by atoms with van der Waals surface area (Å²) in [6.45, 7) is 5.98. The zero-order valence-electron chi connectivity index (χ0n) is 9.03. The van der Waals surface area contributed by atoms with Crippen LogP contribution < -0.4 is 5.73 Å². The van der Waals surface area contributed by atoms with Crippen LogP contribution in [-0.4, -0.2) is 11.1 Å². The van der Waals surface area contributed by atoms with Gasteiger partial charge in [-0.05, 0) is 18.1 Å². The monoisotopic (exact) mass is 197 g/mol. The molecule has 0 aromatic carbocycles. The van der Waals surface area contributed by atoms with Crippen molar-refractivity contribution in [3.63, 3.8) is 0 Å². The second-order valence-corrected chi connectivity index (χ2v) is 3.92. The smallest absolute Gasteiger partial charge is 0.134 e. The summed E-state index contributed by atoms with van der Waals surface area (Å²) < 4.78 is 5.44. The third-order valence-corrected chi connectivity index (χ3v) is 2.46. The van der Waals surface area contributed by atoms with Gasteiger partial charge in [0.25, 0.3) is 0 Å². The Morgan fingerprint density at radius 1 is 1.43 bits per heavy atom. The van der Waals surface area contributed by atoms with E-state index in [1.165, 1.54) is 0 Å². The zero-order chi connectivity index (χ0) is 10.7. The Bertz CT molecular complexity index is 281. The van der Waals surface area contributed by atoms with Crippen LogP contribution in [0, 0.1) is 5.92 Å². The summed E-state index contributed by atoms with van der Waals surface area (Å²) in [4.78, 5) is 0. The van der Waals surface area contributed by atoms with Crippen LogP contribution in [-0.2, 0) is 6.42 Å². The topological polar surface area (TPSA) is 59.4 Å². The van der Waals surface area contributed by atoms with E-state index in [-0.39, 0.29) is 12.0 Å². The number of aliphatic hydroxyl groups is 1. The van der Waals surface area contributed by atoms with E-state index >= 15 is 0 Å². The molecule has 14 heavy (non-hydrogen) atoms. The number of furan rings is 1. The molecule has 0 fully saturated rings. The van der Waals surface area contributed by atoms with Gasteiger partial charge in [-0.15, -0.1) is 0 Å². The quantitative estimate of drug-likeness (QED) is 0.774.